The molecule has 2 heterocycles. The van der Waals surface area contributed by atoms with Gasteiger partial charge in [-0.15, -0.1) is 11.3 Å². The van der Waals surface area contributed by atoms with E-state index in [2.05, 4.69) is 24.5 Å². The zero-order chi connectivity index (χ0) is 14.0. The van der Waals surface area contributed by atoms with Crippen molar-refractivity contribution in [2.75, 3.05) is 13.2 Å². The Morgan fingerprint density at radius 1 is 1.50 bits per heavy atom. The Balaban J connectivity index is 1.76. The van der Waals surface area contributed by atoms with Crippen LogP contribution in [-0.2, 0) is 4.74 Å². The third kappa shape index (κ3) is 2.92. The van der Waals surface area contributed by atoms with Crippen LogP contribution >= 0.6 is 11.3 Å². The van der Waals surface area contributed by atoms with Crippen LogP contribution in [0.3, 0.4) is 0 Å². The highest BCUT2D eigenvalue weighted by Gasteiger charge is 2.42. The van der Waals surface area contributed by atoms with E-state index < -0.39 is 0 Å². The van der Waals surface area contributed by atoms with Gasteiger partial charge in [0.2, 0.25) is 0 Å². The van der Waals surface area contributed by atoms with Gasteiger partial charge in [-0.05, 0) is 45.1 Å². The van der Waals surface area contributed by atoms with Crippen molar-refractivity contribution < 1.29 is 4.74 Å². The lowest BCUT2D eigenvalue weighted by molar-refractivity contribution is -0.0983. The summed E-state index contributed by atoms with van der Waals surface area (Å²) in [6.45, 7) is 6.22. The molecule has 112 valence electrons. The summed E-state index contributed by atoms with van der Waals surface area (Å²) in [6, 6.07) is 0.409. The Labute approximate surface area is 126 Å². The van der Waals surface area contributed by atoms with Crippen LogP contribution in [0.2, 0.25) is 0 Å². The summed E-state index contributed by atoms with van der Waals surface area (Å²) in [5.74, 6) is 0.670. The highest BCUT2D eigenvalue weighted by Crippen LogP contribution is 2.45. The van der Waals surface area contributed by atoms with E-state index in [0.717, 1.165) is 19.6 Å². The van der Waals surface area contributed by atoms with Gasteiger partial charge >= 0.3 is 0 Å². The zero-order valence-corrected chi connectivity index (χ0v) is 13.5. The van der Waals surface area contributed by atoms with Crippen LogP contribution in [0.5, 0.6) is 0 Å². The third-order valence-corrected chi connectivity index (χ3v) is 5.69. The number of nitrogens with zero attached hydrogens (tertiary/aromatic N) is 1. The van der Waals surface area contributed by atoms with Crippen molar-refractivity contribution in [2.45, 2.75) is 64.0 Å². The Morgan fingerprint density at radius 3 is 2.95 bits per heavy atom. The number of thiazole rings is 1. The summed E-state index contributed by atoms with van der Waals surface area (Å²) < 4.78 is 6.18. The monoisotopic (exact) mass is 294 g/mol. The number of aryl methyl sites for hydroxylation is 1. The van der Waals surface area contributed by atoms with Crippen LogP contribution in [0.4, 0.5) is 0 Å². The van der Waals surface area contributed by atoms with Crippen molar-refractivity contribution in [2.24, 2.45) is 5.92 Å². The second-order valence-corrected chi connectivity index (χ2v) is 7.38. The fourth-order valence-electron chi connectivity index (χ4n) is 3.97. The molecule has 0 amide bonds. The maximum atomic E-state index is 6.18. The molecular formula is C16H26N2OS. The van der Waals surface area contributed by atoms with E-state index >= 15 is 0 Å². The first-order valence-corrected chi connectivity index (χ1v) is 8.90. The van der Waals surface area contributed by atoms with Crippen LogP contribution < -0.4 is 5.32 Å². The molecule has 1 aliphatic carbocycles. The molecule has 2 atom stereocenters. The van der Waals surface area contributed by atoms with Crippen LogP contribution in [0.25, 0.3) is 0 Å². The fourth-order valence-corrected chi connectivity index (χ4v) is 4.62. The highest BCUT2D eigenvalue weighted by atomic mass is 32.1. The summed E-state index contributed by atoms with van der Waals surface area (Å²) in [5.41, 5.74) is 1.44. The number of rotatable bonds is 4. The number of nitrogens with one attached hydrogen (secondary N) is 1. The van der Waals surface area contributed by atoms with Gasteiger partial charge in [0.25, 0.3) is 0 Å². The largest absolute Gasteiger partial charge is 0.375 e. The van der Waals surface area contributed by atoms with Crippen molar-refractivity contribution in [3.63, 3.8) is 0 Å². The molecule has 1 N–H and O–H groups in total. The molecule has 2 unspecified atom stereocenters. The minimum atomic E-state index is 0.196. The predicted octanol–water partition coefficient (Wildman–Crippen LogP) is 3.84. The van der Waals surface area contributed by atoms with Crippen molar-refractivity contribution in [1.82, 2.24) is 10.3 Å². The molecule has 3 rings (SSSR count). The molecule has 1 aromatic rings. The summed E-state index contributed by atoms with van der Waals surface area (Å²) in [5, 5.41) is 7.08. The summed E-state index contributed by atoms with van der Waals surface area (Å²) in [7, 11) is 0. The minimum absolute atomic E-state index is 0.196. The van der Waals surface area contributed by atoms with E-state index in [1.165, 1.54) is 42.8 Å². The molecule has 0 bridgehead atoms. The second-order valence-electron chi connectivity index (χ2n) is 6.32. The number of hydrogen-bond acceptors (Lipinski definition) is 4. The van der Waals surface area contributed by atoms with Gasteiger partial charge in [0, 0.05) is 12.0 Å². The van der Waals surface area contributed by atoms with Crippen LogP contribution in [0.1, 0.15) is 62.2 Å². The fraction of sp³-hybridized carbons (Fsp3) is 0.812. The second kappa shape index (κ2) is 6.12. The summed E-state index contributed by atoms with van der Waals surface area (Å²) in [6.07, 6.45) is 7.58. The van der Waals surface area contributed by atoms with E-state index in [0.29, 0.717) is 12.0 Å². The molecule has 1 saturated heterocycles. The van der Waals surface area contributed by atoms with Crippen molar-refractivity contribution >= 4 is 11.3 Å². The van der Waals surface area contributed by atoms with E-state index in [1.54, 1.807) is 11.3 Å². The minimum Gasteiger partial charge on any atom is -0.375 e. The Kier molecular flexibility index (Phi) is 4.43. The van der Waals surface area contributed by atoms with Crippen molar-refractivity contribution in [3.8, 4) is 0 Å². The Hall–Kier alpha value is -0.450. The summed E-state index contributed by atoms with van der Waals surface area (Å²) >= 11 is 1.76. The van der Waals surface area contributed by atoms with Gasteiger partial charge in [-0.25, -0.2) is 4.98 Å². The lowest BCUT2D eigenvalue weighted by atomic mass is 9.80. The van der Waals surface area contributed by atoms with Crippen LogP contribution in [0.15, 0.2) is 5.38 Å². The third-order valence-electron chi connectivity index (χ3n) is 4.90. The van der Waals surface area contributed by atoms with Gasteiger partial charge in [-0.1, -0.05) is 19.8 Å². The van der Waals surface area contributed by atoms with Crippen molar-refractivity contribution in [1.29, 1.82) is 0 Å². The maximum absolute atomic E-state index is 6.18. The lowest BCUT2D eigenvalue weighted by Gasteiger charge is -2.41. The lowest BCUT2D eigenvalue weighted by Crippen LogP contribution is -2.42. The van der Waals surface area contributed by atoms with E-state index in [9.17, 15) is 0 Å². The number of ether oxygens (including phenoxy) is 1. The van der Waals surface area contributed by atoms with E-state index in [-0.39, 0.29) is 5.60 Å². The van der Waals surface area contributed by atoms with Crippen molar-refractivity contribution in [3.05, 3.63) is 16.1 Å². The first-order valence-electron chi connectivity index (χ1n) is 8.02. The predicted molar refractivity (Wildman–Crippen MR) is 83.1 cm³/mol. The van der Waals surface area contributed by atoms with Gasteiger partial charge in [0.05, 0.1) is 22.3 Å². The van der Waals surface area contributed by atoms with Crippen LogP contribution in [0, 0.1) is 12.8 Å². The van der Waals surface area contributed by atoms with E-state index in [1.807, 2.05) is 0 Å². The zero-order valence-electron chi connectivity index (χ0n) is 12.7. The maximum Gasteiger partial charge on any atom is 0.0898 e. The molecule has 2 aliphatic rings. The van der Waals surface area contributed by atoms with Crippen LogP contribution in [-0.4, -0.2) is 23.7 Å². The topological polar surface area (TPSA) is 34.2 Å². The molecule has 1 spiro atoms. The molecule has 0 radical (unpaired) electrons. The highest BCUT2D eigenvalue weighted by molar-refractivity contribution is 7.09. The molecule has 1 saturated carbocycles. The Bertz CT molecular complexity index is 439. The average Bonchev–Trinajstić information content (AvgIpc) is 3.06. The van der Waals surface area contributed by atoms with Gasteiger partial charge in [-0.2, -0.15) is 0 Å². The SMILES string of the molecule is CCNC(c1csc(C)n1)C1CCOC2(CCCC2)C1. The first-order chi connectivity index (χ1) is 9.72. The molecule has 1 aromatic heterocycles. The van der Waals surface area contributed by atoms with E-state index in [4.69, 9.17) is 9.72 Å². The Morgan fingerprint density at radius 2 is 2.30 bits per heavy atom. The quantitative estimate of drug-likeness (QED) is 0.916. The van der Waals surface area contributed by atoms with Gasteiger partial charge in [0.1, 0.15) is 0 Å². The van der Waals surface area contributed by atoms with Gasteiger partial charge < -0.3 is 10.1 Å². The standard InChI is InChI=1S/C16H26N2OS/c1-3-17-15(14-11-20-12(2)18-14)13-6-9-19-16(10-13)7-4-5-8-16/h11,13,15,17H,3-10H2,1-2H3. The molecule has 1 aliphatic heterocycles. The molecule has 20 heavy (non-hydrogen) atoms. The summed E-state index contributed by atoms with van der Waals surface area (Å²) in [4.78, 5) is 4.74. The number of hydrogen-bond donors (Lipinski definition) is 1. The normalized spacial score (nSPS) is 27.0. The average molecular weight is 294 g/mol. The van der Waals surface area contributed by atoms with Gasteiger partial charge in [-0.3, -0.25) is 0 Å². The molecule has 2 fully saturated rings. The first kappa shape index (κ1) is 14.5. The molecule has 4 heteroatoms. The smallest absolute Gasteiger partial charge is 0.0898 e. The molecule has 3 nitrogen and oxygen atoms in total. The van der Waals surface area contributed by atoms with Gasteiger partial charge in [0.15, 0.2) is 0 Å². The molecule has 0 aromatic carbocycles. The number of aromatic nitrogens is 1. The molecular weight excluding hydrogens is 268 g/mol.